The summed E-state index contributed by atoms with van der Waals surface area (Å²) in [7, 11) is 1.66. The molecule has 0 aliphatic heterocycles. The average Bonchev–Trinajstić information content (AvgIpc) is 2.88. The normalized spacial score (nSPS) is 12.2. The van der Waals surface area contributed by atoms with Crippen molar-refractivity contribution in [2.24, 2.45) is 7.05 Å². The second-order valence-electron chi connectivity index (χ2n) is 5.48. The van der Waals surface area contributed by atoms with E-state index in [4.69, 9.17) is 14.7 Å². The molecule has 0 unspecified atom stereocenters. The molecule has 0 atom stereocenters. The van der Waals surface area contributed by atoms with Gasteiger partial charge in [0.05, 0.1) is 23.8 Å². The summed E-state index contributed by atoms with van der Waals surface area (Å²) in [4.78, 5) is 12.3. The minimum atomic E-state index is -0.126. The van der Waals surface area contributed by atoms with E-state index in [1.165, 1.54) is 22.0 Å². The van der Waals surface area contributed by atoms with Gasteiger partial charge in [0.25, 0.3) is 5.56 Å². The quantitative estimate of drug-likeness (QED) is 0.761. The lowest BCUT2D eigenvalue weighted by atomic mass is 10.2. The van der Waals surface area contributed by atoms with E-state index in [0.29, 0.717) is 28.2 Å². The molecule has 0 bridgehead atoms. The third-order valence-corrected chi connectivity index (χ3v) is 4.57. The minimum Gasteiger partial charge on any atom is -0.493 e. The van der Waals surface area contributed by atoms with E-state index in [1.807, 2.05) is 31.2 Å². The number of ether oxygens (including phenoxy) is 2. The highest BCUT2D eigenvalue weighted by Gasteiger charge is 2.07. The molecule has 0 saturated carbocycles. The van der Waals surface area contributed by atoms with Gasteiger partial charge in [-0.25, -0.2) is 0 Å². The Labute approximate surface area is 151 Å². The summed E-state index contributed by atoms with van der Waals surface area (Å²) in [5.74, 6) is 1.44. The van der Waals surface area contributed by atoms with Gasteiger partial charge in [-0.3, -0.25) is 4.79 Å². The Morgan fingerprint density at radius 1 is 1.24 bits per heavy atom. The molecule has 0 spiro atoms. The van der Waals surface area contributed by atoms with Crippen LogP contribution in [0, 0.1) is 11.3 Å². The highest BCUT2D eigenvalue weighted by molar-refractivity contribution is 7.07. The zero-order valence-corrected chi connectivity index (χ0v) is 15.6. The van der Waals surface area contributed by atoms with Crippen LogP contribution >= 0.6 is 11.3 Å². The summed E-state index contributed by atoms with van der Waals surface area (Å²) >= 11 is 1.29. The van der Waals surface area contributed by atoms with Crippen molar-refractivity contribution in [1.29, 1.82) is 5.26 Å². The number of nitriles is 1. The molecular formula is C19H22N2O3S. The molecule has 2 aromatic rings. The average molecular weight is 358 g/mol. The zero-order valence-electron chi connectivity index (χ0n) is 14.7. The Morgan fingerprint density at radius 3 is 2.64 bits per heavy atom. The topological polar surface area (TPSA) is 64.2 Å². The largest absolute Gasteiger partial charge is 0.493 e. The van der Waals surface area contributed by atoms with Crippen molar-refractivity contribution in [2.45, 2.75) is 26.7 Å². The lowest BCUT2D eigenvalue weighted by Gasteiger charge is -2.11. The number of benzene rings is 1. The molecule has 0 N–H and O–H groups in total. The van der Waals surface area contributed by atoms with Gasteiger partial charge in [-0.05, 0) is 31.1 Å². The van der Waals surface area contributed by atoms with E-state index in [0.717, 1.165) is 24.2 Å². The van der Waals surface area contributed by atoms with Crippen LogP contribution in [0.1, 0.15) is 32.3 Å². The smallest absolute Gasteiger partial charge is 0.268 e. The van der Waals surface area contributed by atoms with Crippen molar-refractivity contribution >= 4 is 23.5 Å². The van der Waals surface area contributed by atoms with E-state index < -0.39 is 0 Å². The number of nitrogens with zero attached hydrogens (tertiary/aromatic N) is 2. The Hall–Kier alpha value is -2.52. The first-order chi connectivity index (χ1) is 12.1. The summed E-state index contributed by atoms with van der Waals surface area (Å²) in [6, 6.07) is 7.59. The Morgan fingerprint density at radius 2 is 1.96 bits per heavy atom. The van der Waals surface area contributed by atoms with E-state index in [-0.39, 0.29) is 5.56 Å². The van der Waals surface area contributed by atoms with Crippen molar-refractivity contribution in [3.8, 4) is 17.6 Å². The summed E-state index contributed by atoms with van der Waals surface area (Å²) in [6.07, 6.45) is 5.00. The fourth-order valence-corrected chi connectivity index (χ4v) is 3.15. The molecule has 0 radical (unpaired) electrons. The van der Waals surface area contributed by atoms with Crippen LogP contribution in [0.3, 0.4) is 0 Å². The van der Waals surface area contributed by atoms with Gasteiger partial charge in [0, 0.05) is 24.8 Å². The fraction of sp³-hybridized carbons (Fsp3) is 0.368. The van der Waals surface area contributed by atoms with Crippen LogP contribution in [0.2, 0.25) is 0 Å². The van der Waals surface area contributed by atoms with E-state index in [1.54, 1.807) is 13.1 Å². The number of rotatable bonds is 7. The summed E-state index contributed by atoms with van der Waals surface area (Å²) in [6.45, 7) is 5.34. The summed E-state index contributed by atoms with van der Waals surface area (Å²) in [5, 5.41) is 8.82. The van der Waals surface area contributed by atoms with Crippen LogP contribution in [-0.4, -0.2) is 17.8 Å². The van der Waals surface area contributed by atoms with Gasteiger partial charge in [0.2, 0.25) is 0 Å². The monoisotopic (exact) mass is 358 g/mol. The van der Waals surface area contributed by atoms with Gasteiger partial charge in [-0.2, -0.15) is 5.26 Å². The van der Waals surface area contributed by atoms with E-state index in [2.05, 4.69) is 6.92 Å². The van der Waals surface area contributed by atoms with Crippen molar-refractivity contribution in [2.75, 3.05) is 13.2 Å². The second-order valence-corrected chi connectivity index (χ2v) is 6.55. The number of hydrogen-bond donors (Lipinski definition) is 0. The van der Waals surface area contributed by atoms with Gasteiger partial charge in [0.15, 0.2) is 0 Å². The third kappa shape index (κ3) is 4.74. The first-order valence-electron chi connectivity index (χ1n) is 8.27. The molecule has 0 fully saturated rings. The van der Waals surface area contributed by atoms with Gasteiger partial charge in [-0.15, -0.1) is 11.3 Å². The van der Waals surface area contributed by atoms with Crippen LogP contribution in [-0.2, 0) is 7.05 Å². The van der Waals surface area contributed by atoms with E-state index >= 15 is 0 Å². The van der Waals surface area contributed by atoms with Gasteiger partial charge >= 0.3 is 0 Å². The lowest BCUT2D eigenvalue weighted by molar-refractivity contribution is 0.301. The lowest BCUT2D eigenvalue weighted by Crippen LogP contribution is -2.28. The molecule has 0 aliphatic rings. The third-order valence-electron chi connectivity index (χ3n) is 3.45. The molecule has 0 saturated heterocycles. The first-order valence-corrected chi connectivity index (χ1v) is 9.09. The highest BCUT2D eigenvalue weighted by atomic mass is 32.1. The summed E-state index contributed by atoms with van der Waals surface area (Å²) in [5.41, 5.74) is 0.694. The van der Waals surface area contributed by atoms with Crippen molar-refractivity contribution in [3.05, 3.63) is 43.3 Å². The standard InChI is InChI=1S/C19H22N2O3S/c1-4-10-23-15-7-6-14(16(13-15)24-11-5-2)12-17-19(22)21(3)18(25-17)8-9-20/h6-8,12-13H,4-5,10-11H2,1-3H3/b17-12-,18-8-. The van der Waals surface area contributed by atoms with Crippen LogP contribution in [0.25, 0.3) is 12.2 Å². The molecule has 132 valence electrons. The van der Waals surface area contributed by atoms with Gasteiger partial charge < -0.3 is 14.0 Å². The summed E-state index contributed by atoms with van der Waals surface area (Å²) < 4.78 is 14.2. The Balaban J connectivity index is 2.51. The maximum absolute atomic E-state index is 12.3. The Bertz CT molecular complexity index is 935. The molecular weight excluding hydrogens is 336 g/mol. The van der Waals surface area contributed by atoms with E-state index in [9.17, 15) is 4.79 Å². The van der Waals surface area contributed by atoms with Crippen molar-refractivity contribution in [3.63, 3.8) is 0 Å². The minimum absolute atomic E-state index is 0.126. The van der Waals surface area contributed by atoms with Crippen LogP contribution in [0.5, 0.6) is 11.5 Å². The molecule has 1 aromatic carbocycles. The fourth-order valence-electron chi connectivity index (χ4n) is 2.18. The predicted molar refractivity (Wildman–Crippen MR) is 100 cm³/mol. The maximum Gasteiger partial charge on any atom is 0.268 e. The molecule has 1 aromatic heterocycles. The molecule has 1 heterocycles. The predicted octanol–water partition coefficient (Wildman–Crippen LogP) is 2.16. The molecule has 6 heteroatoms. The van der Waals surface area contributed by atoms with Crippen LogP contribution in [0.4, 0.5) is 0 Å². The van der Waals surface area contributed by atoms with Crippen LogP contribution < -0.4 is 24.2 Å². The molecule has 0 aliphatic carbocycles. The molecule has 25 heavy (non-hydrogen) atoms. The molecule has 5 nitrogen and oxygen atoms in total. The first kappa shape index (κ1) is 18.8. The SMILES string of the molecule is CCCOc1ccc(/C=c2\s/c(=C\C#N)n(C)c2=O)c(OCCC)c1. The highest BCUT2D eigenvalue weighted by Crippen LogP contribution is 2.26. The van der Waals surface area contributed by atoms with Gasteiger partial charge in [-0.1, -0.05) is 13.8 Å². The Kier molecular flexibility index (Phi) is 6.84. The second kappa shape index (κ2) is 9.09. The molecule has 0 amide bonds. The van der Waals surface area contributed by atoms with Gasteiger partial charge in [0.1, 0.15) is 16.2 Å². The maximum atomic E-state index is 12.3. The molecule has 2 rings (SSSR count). The number of aromatic nitrogens is 1. The zero-order chi connectivity index (χ0) is 18.2. The van der Waals surface area contributed by atoms with Crippen molar-refractivity contribution < 1.29 is 9.47 Å². The van der Waals surface area contributed by atoms with Crippen molar-refractivity contribution in [1.82, 2.24) is 4.57 Å². The number of hydrogen-bond acceptors (Lipinski definition) is 5. The van der Waals surface area contributed by atoms with Crippen LogP contribution in [0.15, 0.2) is 23.0 Å². The number of thiazole rings is 1.